The Hall–Kier alpha value is -3.19. The summed E-state index contributed by atoms with van der Waals surface area (Å²) in [7, 11) is 0. The fourth-order valence-corrected chi connectivity index (χ4v) is 4.49. The van der Waals surface area contributed by atoms with E-state index in [2.05, 4.69) is 0 Å². The largest absolute Gasteiger partial charge is 0.507 e. The summed E-state index contributed by atoms with van der Waals surface area (Å²) in [5.41, 5.74) is -0.163. The van der Waals surface area contributed by atoms with E-state index in [1.807, 2.05) is 6.92 Å². The topological polar surface area (TPSA) is 113 Å². The minimum absolute atomic E-state index is 0.0781. The van der Waals surface area contributed by atoms with Gasteiger partial charge >= 0.3 is 5.97 Å². The van der Waals surface area contributed by atoms with Crippen molar-refractivity contribution in [3.63, 3.8) is 0 Å². The molecule has 7 nitrogen and oxygen atoms in total. The molecular weight excluding hydrogens is 388 g/mol. The molecule has 2 aliphatic carbocycles. The molecule has 0 bridgehead atoms. The molecule has 1 aliphatic heterocycles. The lowest BCUT2D eigenvalue weighted by molar-refractivity contribution is -0.155. The fraction of sp³-hybridized carbons (Fsp3) is 0.348. The third-order valence-electron chi connectivity index (χ3n) is 6.48. The van der Waals surface area contributed by atoms with Crippen molar-refractivity contribution in [2.45, 2.75) is 45.0 Å². The SMILES string of the molecule is CCC(C)C(=O)OC1c2c(cc(O)c3c2C(=O)c2cccc(O)c2-3)C(=O)C2(C)OC12. The van der Waals surface area contributed by atoms with E-state index in [1.54, 1.807) is 19.9 Å². The van der Waals surface area contributed by atoms with Gasteiger partial charge in [-0.2, -0.15) is 0 Å². The van der Waals surface area contributed by atoms with Gasteiger partial charge in [0.25, 0.3) is 0 Å². The van der Waals surface area contributed by atoms with Crippen molar-refractivity contribution in [2.75, 3.05) is 0 Å². The van der Waals surface area contributed by atoms with Crippen molar-refractivity contribution in [3.8, 4) is 22.6 Å². The van der Waals surface area contributed by atoms with Crippen molar-refractivity contribution in [3.05, 3.63) is 46.5 Å². The van der Waals surface area contributed by atoms with Crippen LogP contribution in [0.1, 0.15) is 65.1 Å². The number of carbonyl (C=O) groups is 3. The number of phenolic OH excluding ortho intramolecular Hbond substituents is 2. The molecular formula is C23H20O7. The van der Waals surface area contributed by atoms with E-state index in [-0.39, 0.29) is 56.6 Å². The standard InChI is InChI=1S/C23H20O7/c1-4-9(2)22(28)29-19-15-11(20(27)23(3)21(19)30-23)8-13(25)16-14-10(18(26)17(15)16)6-5-7-12(14)24/h5-9,19,21,24-25H,4H2,1-3H3. The first kappa shape index (κ1) is 18.8. The van der Waals surface area contributed by atoms with Gasteiger partial charge in [-0.25, -0.2) is 0 Å². The predicted molar refractivity (Wildman–Crippen MR) is 105 cm³/mol. The van der Waals surface area contributed by atoms with E-state index in [0.29, 0.717) is 6.42 Å². The number of rotatable bonds is 3. The molecule has 154 valence electrons. The molecule has 5 rings (SSSR count). The molecule has 0 radical (unpaired) electrons. The minimum atomic E-state index is -1.16. The van der Waals surface area contributed by atoms with Gasteiger partial charge in [0, 0.05) is 33.4 Å². The number of hydrogen-bond donors (Lipinski definition) is 2. The van der Waals surface area contributed by atoms with Crippen LogP contribution in [-0.2, 0) is 14.3 Å². The lowest BCUT2D eigenvalue weighted by atomic mass is 9.78. The van der Waals surface area contributed by atoms with Crippen molar-refractivity contribution in [1.29, 1.82) is 0 Å². The summed E-state index contributed by atoms with van der Waals surface area (Å²) in [6, 6.07) is 5.78. The van der Waals surface area contributed by atoms with Crippen LogP contribution in [-0.4, -0.2) is 39.5 Å². The van der Waals surface area contributed by atoms with Gasteiger partial charge in [0.2, 0.25) is 0 Å². The third-order valence-corrected chi connectivity index (χ3v) is 6.48. The van der Waals surface area contributed by atoms with Gasteiger partial charge in [-0.1, -0.05) is 26.0 Å². The molecule has 1 heterocycles. The number of phenols is 2. The normalized spacial score (nSPS) is 26.4. The number of Topliss-reactive ketones (excluding diaryl/α,β-unsaturated/α-hetero) is 1. The molecule has 4 unspecified atom stereocenters. The Morgan fingerprint density at radius 3 is 2.60 bits per heavy atom. The second-order valence-electron chi connectivity index (χ2n) is 8.28. The van der Waals surface area contributed by atoms with Crippen LogP contribution in [0.2, 0.25) is 0 Å². The molecule has 0 aromatic heterocycles. The molecule has 0 spiro atoms. The maximum atomic E-state index is 13.3. The molecule has 2 aromatic carbocycles. The number of epoxide rings is 1. The number of ether oxygens (including phenoxy) is 2. The zero-order chi connectivity index (χ0) is 21.5. The minimum Gasteiger partial charge on any atom is -0.507 e. The fourth-order valence-electron chi connectivity index (χ4n) is 4.49. The van der Waals surface area contributed by atoms with Gasteiger partial charge in [0.15, 0.2) is 23.3 Å². The number of carbonyl (C=O) groups excluding carboxylic acids is 3. The smallest absolute Gasteiger partial charge is 0.309 e. The first-order valence-corrected chi connectivity index (χ1v) is 9.90. The molecule has 7 heteroatoms. The number of hydrogen-bond acceptors (Lipinski definition) is 7. The van der Waals surface area contributed by atoms with Crippen LogP contribution in [0.3, 0.4) is 0 Å². The molecule has 30 heavy (non-hydrogen) atoms. The quantitative estimate of drug-likeness (QED) is 0.505. The summed E-state index contributed by atoms with van der Waals surface area (Å²) in [4.78, 5) is 38.9. The zero-order valence-electron chi connectivity index (χ0n) is 16.7. The highest BCUT2D eigenvalue weighted by molar-refractivity contribution is 6.26. The van der Waals surface area contributed by atoms with Gasteiger partial charge in [-0.05, 0) is 25.5 Å². The summed E-state index contributed by atoms with van der Waals surface area (Å²) < 4.78 is 11.4. The Kier molecular flexibility index (Phi) is 3.71. The van der Waals surface area contributed by atoms with E-state index in [9.17, 15) is 24.6 Å². The molecule has 3 aliphatic rings. The maximum absolute atomic E-state index is 13.3. The molecule has 2 aromatic rings. The van der Waals surface area contributed by atoms with E-state index < -0.39 is 29.6 Å². The summed E-state index contributed by atoms with van der Waals surface area (Å²) in [5, 5.41) is 21.1. The van der Waals surface area contributed by atoms with Crippen molar-refractivity contribution in [1.82, 2.24) is 0 Å². The van der Waals surface area contributed by atoms with Crippen LogP contribution < -0.4 is 0 Å². The average molecular weight is 408 g/mol. The van der Waals surface area contributed by atoms with E-state index in [1.165, 1.54) is 18.2 Å². The first-order valence-electron chi connectivity index (χ1n) is 9.90. The lowest BCUT2D eigenvalue weighted by Crippen LogP contribution is -2.36. The Morgan fingerprint density at radius 1 is 1.17 bits per heavy atom. The van der Waals surface area contributed by atoms with Gasteiger partial charge in [-0.15, -0.1) is 0 Å². The number of benzene rings is 2. The molecule has 4 atom stereocenters. The molecule has 0 amide bonds. The second-order valence-corrected chi connectivity index (χ2v) is 8.28. The Bertz CT molecular complexity index is 1160. The van der Waals surface area contributed by atoms with Crippen LogP contribution in [0.25, 0.3) is 11.1 Å². The highest BCUT2D eigenvalue weighted by Gasteiger charge is 2.68. The third kappa shape index (κ3) is 2.21. The monoisotopic (exact) mass is 408 g/mol. The molecule has 0 saturated carbocycles. The van der Waals surface area contributed by atoms with Crippen LogP contribution in [0.5, 0.6) is 11.5 Å². The van der Waals surface area contributed by atoms with Crippen LogP contribution >= 0.6 is 0 Å². The van der Waals surface area contributed by atoms with Crippen molar-refractivity contribution < 1.29 is 34.1 Å². The van der Waals surface area contributed by atoms with E-state index >= 15 is 0 Å². The molecule has 1 fully saturated rings. The predicted octanol–water partition coefficient (Wildman–Crippen LogP) is 3.29. The number of fused-ring (bicyclic) bond motifs is 6. The van der Waals surface area contributed by atoms with Crippen molar-refractivity contribution in [2.24, 2.45) is 5.92 Å². The summed E-state index contributed by atoms with van der Waals surface area (Å²) in [6.07, 6.45) is -1.09. The Labute approximate surface area is 172 Å². The Morgan fingerprint density at radius 2 is 1.90 bits per heavy atom. The van der Waals surface area contributed by atoms with E-state index in [4.69, 9.17) is 9.47 Å². The maximum Gasteiger partial charge on any atom is 0.309 e. The first-order chi connectivity index (χ1) is 14.2. The van der Waals surface area contributed by atoms with Gasteiger partial charge in [0.1, 0.15) is 17.6 Å². The number of esters is 1. The van der Waals surface area contributed by atoms with Gasteiger partial charge < -0.3 is 19.7 Å². The summed E-state index contributed by atoms with van der Waals surface area (Å²) >= 11 is 0. The highest BCUT2D eigenvalue weighted by atomic mass is 16.6. The summed E-state index contributed by atoms with van der Waals surface area (Å²) in [6.45, 7) is 5.21. The second kappa shape index (κ2) is 5.92. The van der Waals surface area contributed by atoms with E-state index in [0.717, 1.165) is 0 Å². The number of ketones is 2. The lowest BCUT2D eigenvalue weighted by Gasteiger charge is -2.28. The van der Waals surface area contributed by atoms with Crippen LogP contribution in [0.4, 0.5) is 0 Å². The van der Waals surface area contributed by atoms with Crippen molar-refractivity contribution >= 4 is 17.5 Å². The molecule has 1 saturated heterocycles. The Balaban J connectivity index is 1.76. The number of aromatic hydroxyl groups is 2. The summed E-state index contributed by atoms with van der Waals surface area (Å²) in [5.74, 6) is -2.07. The van der Waals surface area contributed by atoms with Crippen LogP contribution in [0.15, 0.2) is 24.3 Å². The van der Waals surface area contributed by atoms with Gasteiger partial charge in [0.05, 0.1) is 5.92 Å². The molecule has 2 N–H and O–H groups in total. The van der Waals surface area contributed by atoms with Crippen LogP contribution in [0, 0.1) is 5.92 Å². The van der Waals surface area contributed by atoms with Gasteiger partial charge in [-0.3, -0.25) is 14.4 Å². The average Bonchev–Trinajstić information content (AvgIpc) is 3.33. The highest BCUT2D eigenvalue weighted by Crippen LogP contribution is 2.58. The zero-order valence-corrected chi connectivity index (χ0v) is 16.7.